The summed E-state index contributed by atoms with van der Waals surface area (Å²) in [6.45, 7) is -0.726. The standard InChI is InChI=1S/C18H15N3O5/c19-9-13-5-7-15(8-6-13)25-11-17(22)21-20-10-14-3-1-2-4-16(14)26-12-18(23)24/h1-8,10H,11-12H2,(H,21,22)(H,23,24)/b20-10-. The van der Waals surface area contributed by atoms with Gasteiger partial charge in [0.05, 0.1) is 17.8 Å². The highest BCUT2D eigenvalue weighted by Gasteiger charge is 2.05. The van der Waals surface area contributed by atoms with Crippen LogP contribution in [0.2, 0.25) is 0 Å². The van der Waals surface area contributed by atoms with Crippen LogP contribution in [0.3, 0.4) is 0 Å². The molecule has 0 fully saturated rings. The zero-order valence-corrected chi connectivity index (χ0v) is 13.6. The number of hydrazone groups is 1. The van der Waals surface area contributed by atoms with E-state index >= 15 is 0 Å². The zero-order chi connectivity index (χ0) is 18.8. The van der Waals surface area contributed by atoms with Crippen molar-refractivity contribution < 1.29 is 24.2 Å². The number of amides is 1. The fraction of sp³-hybridized carbons (Fsp3) is 0.111. The smallest absolute Gasteiger partial charge is 0.341 e. The van der Waals surface area contributed by atoms with Crippen molar-refractivity contribution in [1.82, 2.24) is 5.43 Å². The third-order valence-electron chi connectivity index (χ3n) is 3.02. The van der Waals surface area contributed by atoms with Crippen molar-refractivity contribution in [2.45, 2.75) is 0 Å². The first-order valence-electron chi connectivity index (χ1n) is 7.47. The molecule has 1 amide bonds. The van der Waals surface area contributed by atoms with E-state index < -0.39 is 18.5 Å². The van der Waals surface area contributed by atoms with Gasteiger partial charge >= 0.3 is 5.97 Å². The number of hydrogen-bond donors (Lipinski definition) is 2. The summed E-state index contributed by atoms with van der Waals surface area (Å²) in [6, 6.07) is 15.0. The van der Waals surface area contributed by atoms with Crippen LogP contribution in [0.4, 0.5) is 0 Å². The lowest BCUT2D eigenvalue weighted by molar-refractivity contribution is -0.139. The summed E-state index contributed by atoms with van der Waals surface area (Å²) < 4.78 is 10.4. The first-order chi connectivity index (χ1) is 12.6. The second kappa shape index (κ2) is 9.44. The number of hydrogen-bond acceptors (Lipinski definition) is 6. The first kappa shape index (κ1) is 18.5. The summed E-state index contributed by atoms with van der Waals surface area (Å²) in [4.78, 5) is 22.3. The molecule has 0 bridgehead atoms. The largest absolute Gasteiger partial charge is 0.484 e. The molecule has 0 saturated carbocycles. The third kappa shape index (κ3) is 5.98. The Balaban J connectivity index is 1.84. The summed E-state index contributed by atoms with van der Waals surface area (Å²) >= 11 is 0. The molecule has 8 heteroatoms. The Labute approximate surface area is 149 Å². The average molecular weight is 353 g/mol. The Morgan fingerprint density at radius 1 is 1.12 bits per heavy atom. The van der Waals surface area contributed by atoms with Gasteiger partial charge in [-0.1, -0.05) is 12.1 Å². The van der Waals surface area contributed by atoms with E-state index in [2.05, 4.69) is 10.5 Å². The Kier molecular flexibility index (Phi) is 6.71. The summed E-state index contributed by atoms with van der Waals surface area (Å²) in [5.41, 5.74) is 3.31. The molecule has 0 aromatic heterocycles. The topological polar surface area (TPSA) is 121 Å². The number of ether oxygens (including phenoxy) is 2. The number of rotatable bonds is 8. The minimum absolute atomic E-state index is 0.250. The maximum atomic E-state index is 11.7. The van der Waals surface area contributed by atoms with E-state index in [-0.39, 0.29) is 6.61 Å². The number of aliphatic carboxylic acids is 1. The van der Waals surface area contributed by atoms with Gasteiger partial charge in [0.2, 0.25) is 0 Å². The second-order valence-electron chi connectivity index (χ2n) is 4.94. The van der Waals surface area contributed by atoms with Crippen molar-refractivity contribution >= 4 is 18.1 Å². The molecule has 0 atom stereocenters. The van der Waals surface area contributed by atoms with Crippen LogP contribution in [0.5, 0.6) is 11.5 Å². The van der Waals surface area contributed by atoms with Gasteiger partial charge in [0.1, 0.15) is 11.5 Å². The van der Waals surface area contributed by atoms with E-state index in [1.165, 1.54) is 6.21 Å². The van der Waals surface area contributed by atoms with E-state index in [4.69, 9.17) is 19.8 Å². The van der Waals surface area contributed by atoms with Crippen LogP contribution in [-0.4, -0.2) is 36.4 Å². The highest BCUT2D eigenvalue weighted by atomic mass is 16.5. The van der Waals surface area contributed by atoms with Gasteiger partial charge in [0, 0.05) is 5.56 Å². The number of benzene rings is 2. The van der Waals surface area contributed by atoms with E-state index in [9.17, 15) is 9.59 Å². The van der Waals surface area contributed by atoms with Crippen LogP contribution in [-0.2, 0) is 9.59 Å². The zero-order valence-electron chi connectivity index (χ0n) is 13.6. The minimum atomic E-state index is -1.09. The maximum absolute atomic E-state index is 11.7. The van der Waals surface area contributed by atoms with Crippen molar-refractivity contribution in [1.29, 1.82) is 5.26 Å². The van der Waals surface area contributed by atoms with Gasteiger partial charge in [-0.3, -0.25) is 4.79 Å². The molecule has 8 nitrogen and oxygen atoms in total. The molecule has 0 heterocycles. The number of carboxylic acid groups (broad SMARTS) is 1. The fourth-order valence-corrected chi connectivity index (χ4v) is 1.84. The van der Waals surface area contributed by atoms with Gasteiger partial charge in [-0.05, 0) is 36.4 Å². The number of para-hydroxylation sites is 1. The van der Waals surface area contributed by atoms with Crippen LogP contribution in [0.25, 0.3) is 0 Å². The second-order valence-corrected chi connectivity index (χ2v) is 4.94. The molecule has 0 aliphatic carbocycles. The molecule has 0 saturated heterocycles. The Morgan fingerprint density at radius 3 is 2.54 bits per heavy atom. The predicted molar refractivity (Wildman–Crippen MR) is 92.0 cm³/mol. The molecule has 0 aliphatic heterocycles. The normalized spacial score (nSPS) is 10.1. The van der Waals surface area contributed by atoms with Crippen molar-refractivity contribution in [2.24, 2.45) is 5.10 Å². The molecule has 132 valence electrons. The summed E-state index contributed by atoms with van der Waals surface area (Å²) in [5, 5.41) is 21.2. The molecular weight excluding hydrogens is 338 g/mol. The van der Waals surface area contributed by atoms with Gasteiger partial charge in [-0.2, -0.15) is 10.4 Å². The van der Waals surface area contributed by atoms with E-state index in [1.54, 1.807) is 48.5 Å². The average Bonchev–Trinajstić information content (AvgIpc) is 2.66. The Morgan fingerprint density at radius 2 is 1.85 bits per heavy atom. The molecule has 0 spiro atoms. The number of carbonyl (C=O) groups is 2. The van der Waals surface area contributed by atoms with Crippen molar-refractivity contribution in [2.75, 3.05) is 13.2 Å². The predicted octanol–water partition coefficient (Wildman–Crippen LogP) is 1.55. The lowest BCUT2D eigenvalue weighted by Crippen LogP contribution is -2.24. The van der Waals surface area contributed by atoms with Gasteiger partial charge in [-0.15, -0.1) is 0 Å². The summed E-state index contributed by atoms with van der Waals surface area (Å²) in [6.07, 6.45) is 1.34. The van der Waals surface area contributed by atoms with E-state index in [1.807, 2.05) is 6.07 Å². The monoisotopic (exact) mass is 353 g/mol. The lowest BCUT2D eigenvalue weighted by atomic mass is 10.2. The van der Waals surface area contributed by atoms with Crippen LogP contribution >= 0.6 is 0 Å². The van der Waals surface area contributed by atoms with Crippen molar-refractivity contribution in [3.63, 3.8) is 0 Å². The van der Waals surface area contributed by atoms with Crippen LogP contribution < -0.4 is 14.9 Å². The lowest BCUT2D eigenvalue weighted by Gasteiger charge is -2.06. The molecule has 0 aliphatic rings. The molecule has 0 unspecified atom stereocenters. The number of carboxylic acids is 1. The first-order valence-corrected chi connectivity index (χ1v) is 7.47. The third-order valence-corrected chi connectivity index (χ3v) is 3.02. The molecule has 2 rings (SSSR count). The van der Waals surface area contributed by atoms with Gasteiger partial charge < -0.3 is 14.6 Å². The van der Waals surface area contributed by atoms with E-state index in [0.717, 1.165) is 0 Å². The van der Waals surface area contributed by atoms with Gasteiger partial charge in [0.25, 0.3) is 5.91 Å². The molecule has 0 radical (unpaired) electrons. The number of nitrogens with one attached hydrogen (secondary N) is 1. The van der Waals surface area contributed by atoms with Crippen LogP contribution in [0.1, 0.15) is 11.1 Å². The highest BCUT2D eigenvalue weighted by Crippen LogP contribution is 2.15. The summed E-state index contributed by atoms with van der Waals surface area (Å²) in [7, 11) is 0. The van der Waals surface area contributed by atoms with Crippen molar-refractivity contribution in [3.8, 4) is 17.6 Å². The molecule has 2 aromatic carbocycles. The molecular formula is C18H15N3O5. The van der Waals surface area contributed by atoms with E-state index in [0.29, 0.717) is 22.6 Å². The maximum Gasteiger partial charge on any atom is 0.341 e. The fourth-order valence-electron chi connectivity index (χ4n) is 1.84. The highest BCUT2D eigenvalue weighted by molar-refractivity contribution is 5.85. The minimum Gasteiger partial charge on any atom is -0.484 e. The number of carbonyl (C=O) groups excluding carboxylic acids is 1. The summed E-state index contributed by atoms with van der Waals surface area (Å²) in [5.74, 6) is -0.781. The van der Waals surface area contributed by atoms with Crippen LogP contribution in [0.15, 0.2) is 53.6 Å². The molecule has 2 aromatic rings. The Bertz CT molecular complexity index is 841. The number of nitrogens with zero attached hydrogens (tertiary/aromatic N) is 2. The van der Waals surface area contributed by atoms with Crippen LogP contribution in [0, 0.1) is 11.3 Å². The SMILES string of the molecule is N#Cc1ccc(OCC(=O)N/N=C\c2ccccc2OCC(=O)O)cc1. The van der Waals surface area contributed by atoms with Gasteiger partial charge in [0.15, 0.2) is 13.2 Å². The Hall–Kier alpha value is -3.86. The van der Waals surface area contributed by atoms with Gasteiger partial charge in [-0.25, -0.2) is 10.2 Å². The molecule has 2 N–H and O–H groups in total. The van der Waals surface area contributed by atoms with Crippen molar-refractivity contribution in [3.05, 3.63) is 59.7 Å². The molecule has 26 heavy (non-hydrogen) atoms. The quantitative estimate of drug-likeness (QED) is 0.549. The number of nitriles is 1.